The van der Waals surface area contributed by atoms with Gasteiger partial charge in [-0.2, -0.15) is 0 Å². The zero-order chi connectivity index (χ0) is 39.6. The zero-order valence-corrected chi connectivity index (χ0v) is 34.6. The van der Waals surface area contributed by atoms with Crippen LogP contribution in [0.2, 0.25) is 0 Å². The van der Waals surface area contributed by atoms with E-state index >= 15 is 0 Å². The highest BCUT2D eigenvalue weighted by Gasteiger charge is 2.46. The predicted octanol–water partition coefficient (Wildman–Crippen LogP) is 13.0. The lowest BCUT2D eigenvalue weighted by atomic mass is 9.76. The minimum absolute atomic E-state index is 0.125. The van der Waals surface area contributed by atoms with E-state index in [4.69, 9.17) is 0 Å². The second kappa shape index (κ2) is 15.1. The van der Waals surface area contributed by atoms with Crippen molar-refractivity contribution >= 4 is 28.2 Å². The molecule has 0 saturated heterocycles. The molecule has 6 aliphatic carbocycles. The van der Waals surface area contributed by atoms with E-state index in [1.807, 2.05) is 0 Å². The van der Waals surface area contributed by atoms with Gasteiger partial charge >= 0.3 is 0 Å². The summed E-state index contributed by atoms with van der Waals surface area (Å²) in [6.45, 7) is 0. The molecule has 0 radical (unpaired) electrons. The average molecular weight is 782 g/mol. The van der Waals surface area contributed by atoms with Gasteiger partial charge in [0.25, 0.3) is 0 Å². The summed E-state index contributed by atoms with van der Waals surface area (Å²) in [6.07, 6.45) is 44.0. The third-order valence-corrected chi connectivity index (χ3v) is 15.1. The van der Waals surface area contributed by atoms with Crippen LogP contribution < -0.4 is 5.32 Å². The van der Waals surface area contributed by atoms with E-state index in [0.29, 0.717) is 35.8 Å². The third-order valence-electron chi connectivity index (χ3n) is 15.1. The molecule has 298 valence electrons. The first-order valence-electron chi connectivity index (χ1n) is 23.0. The maximum Gasteiger partial charge on any atom is 0.100 e. The third kappa shape index (κ3) is 6.19. The van der Waals surface area contributed by atoms with Crippen molar-refractivity contribution in [2.45, 2.75) is 88.4 Å². The highest BCUT2D eigenvalue weighted by molar-refractivity contribution is 5.92. The van der Waals surface area contributed by atoms with Crippen LogP contribution in [0.25, 0.3) is 28.2 Å². The van der Waals surface area contributed by atoms with E-state index in [1.165, 1.54) is 93.4 Å². The number of aromatic nitrogens is 1. The van der Waals surface area contributed by atoms with Crippen LogP contribution in [0.3, 0.4) is 0 Å². The Morgan fingerprint density at radius 1 is 0.700 bits per heavy atom. The van der Waals surface area contributed by atoms with Crippen LogP contribution in [0.4, 0.5) is 0 Å². The highest BCUT2D eigenvalue weighted by atomic mass is 15.3. The zero-order valence-electron chi connectivity index (χ0n) is 34.6. The average Bonchev–Trinajstić information content (AvgIpc) is 3.84. The number of hydrogen-bond donors (Lipinski definition) is 1. The van der Waals surface area contributed by atoms with Gasteiger partial charge in [0.05, 0.1) is 11.6 Å². The lowest BCUT2D eigenvalue weighted by molar-refractivity contribution is 0.199. The summed E-state index contributed by atoms with van der Waals surface area (Å²) in [7, 11) is 0. The molecule has 0 amide bonds. The fourth-order valence-corrected chi connectivity index (χ4v) is 12.2. The molecular formula is C57H55N3. The Morgan fingerprint density at radius 3 is 2.38 bits per heavy atom. The number of nitrogens with one attached hydrogen (secondary N) is 1. The van der Waals surface area contributed by atoms with Crippen LogP contribution in [0.5, 0.6) is 0 Å². The molecule has 0 spiro atoms. The summed E-state index contributed by atoms with van der Waals surface area (Å²) in [5, 5.41) is 5.60. The van der Waals surface area contributed by atoms with Crippen molar-refractivity contribution in [2.75, 3.05) is 0 Å². The van der Waals surface area contributed by atoms with Gasteiger partial charge in [0.2, 0.25) is 0 Å². The van der Waals surface area contributed by atoms with E-state index in [1.54, 1.807) is 11.3 Å². The molecule has 2 aliphatic heterocycles. The minimum Gasteiger partial charge on any atom is -0.348 e. The fourth-order valence-electron chi connectivity index (χ4n) is 12.2. The van der Waals surface area contributed by atoms with E-state index in [0.717, 1.165) is 32.1 Å². The molecule has 12 rings (SSSR count). The van der Waals surface area contributed by atoms with Crippen molar-refractivity contribution in [3.05, 3.63) is 208 Å². The first-order chi connectivity index (χ1) is 29.7. The maximum atomic E-state index is 4.17. The van der Waals surface area contributed by atoms with E-state index in [2.05, 4.69) is 179 Å². The Balaban J connectivity index is 0.834. The maximum absolute atomic E-state index is 4.17. The Hall–Kier alpha value is -5.64. The number of fused-ring (bicyclic) bond motifs is 6. The molecule has 1 aromatic heterocycles. The monoisotopic (exact) mass is 781 g/mol. The molecule has 4 aromatic rings. The number of hydrogen-bond acceptors (Lipinski definition) is 2. The molecular weight excluding hydrogens is 727 g/mol. The first-order valence-corrected chi connectivity index (χ1v) is 23.0. The second-order valence-corrected chi connectivity index (χ2v) is 18.4. The first kappa shape index (κ1) is 36.2. The van der Waals surface area contributed by atoms with Crippen molar-refractivity contribution in [2.24, 2.45) is 17.8 Å². The van der Waals surface area contributed by atoms with Gasteiger partial charge in [-0.15, -0.1) is 0 Å². The molecule has 8 aliphatic rings. The van der Waals surface area contributed by atoms with E-state index in [9.17, 15) is 0 Å². The van der Waals surface area contributed by atoms with Gasteiger partial charge in [0, 0.05) is 46.3 Å². The number of allylic oxidation sites excluding steroid dienone is 12. The molecule has 1 N–H and O–H groups in total. The quantitative estimate of drug-likeness (QED) is 0.210. The van der Waals surface area contributed by atoms with Gasteiger partial charge in [0.1, 0.15) is 6.17 Å². The van der Waals surface area contributed by atoms with Crippen molar-refractivity contribution in [1.82, 2.24) is 14.8 Å². The molecule has 7 unspecified atom stereocenters. The van der Waals surface area contributed by atoms with Gasteiger partial charge in [0.15, 0.2) is 0 Å². The van der Waals surface area contributed by atoms with Crippen LogP contribution in [0.1, 0.15) is 86.1 Å². The number of rotatable bonds is 6. The molecule has 0 bridgehead atoms. The van der Waals surface area contributed by atoms with Gasteiger partial charge in [-0.1, -0.05) is 146 Å². The molecule has 3 heteroatoms. The molecule has 60 heavy (non-hydrogen) atoms. The molecule has 3 aromatic carbocycles. The summed E-state index contributed by atoms with van der Waals surface area (Å²) in [5.74, 6) is 1.78. The Morgan fingerprint density at radius 2 is 1.53 bits per heavy atom. The van der Waals surface area contributed by atoms with E-state index < -0.39 is 0 Å². The SMILES string of the molecule is C1=CCC2NC(N3C4=C(CCC(c5ccccc5)C4)C4C=C(C5C=CC(C6C=Cc7c(c8ccccc8n7C7=CCCCC7)C6)=CC5)C=CC43)C=C(c3ccccc3)C2=C1. The smallest absolute Gasteiger partial charge is 0.100 e. The predicted molar refractivity (Wildman–Crippen MR) is 250 cm³/mol. The summed E-state index contributed by atoms with van der Waals surface area (Å²) in [5.41, 5.74) is 17.6. The summed E-state index contributed by atoms with van der Waals surface area (Å²) < 4.78 is 2.58. The van der Waals surface area contributed by atoms with Crippen LogP contribution in [0.15, 0.2) is 186 Å². The Kier molecular flexibility index (Phi) is 9.13. The summed E-state index contributed by atoms with van der Waals surface area (Å²) >= 11 is 0. The summed E-state index contributed by atoms with van der Waals surface area (Å²) in [6, 6.07) is 32.1. The Labute approximate surface area is 356 Å². The minimum atomic E-state index is 0.125. The molecule has 3 nitrogen and oxygen atoms in total. The molecule has 7 atom stereocenters. The van der Waals surface area contributed by atoms with Gasteiger partial charge in [-0.25, -0.2) is 0 Å². The lowest BCUT2D eigenvalue weighted by Gasteiger charge is -2.44. The second-order valence-electron chi connectivity index (χ2n) is 18.4. The molecule has 0 saturated carbocycles. The van der Waals surface area contributed by atoms with Crippen molar-refractivity contribution in [3.8, 4) is 0 Å². The lowest BCUT2D eigenvalue weighted by Crippen LogP contribution is -2.54. The van der Waals surface area contributed by atoms with Crippen LogP contribution >= 0.6 is 0 Å². The van der Waals surface area contributed by atoms with Gasteiger partial charge < -0.3 is 9.47 Å². The normalized spacial score (nSPS) is 29.2. The summed E-state index contributed by atoms with van der Waals surface area (Å²) in [4.78, 5) is 2.82. The standard InChI is InChI=1S/C57H55N3/c1-4-14-38(15-5-1)44-28-31-48-51-35-43(30-33-55(51)60(56(48)36-44)57-37-49(41-16-6-2-7-17-41)46-20-10-12-22-52(46)58-57)40-26-24-39(25-27-40)42-29-32-54-50(34-42)47-21-11-13-23-53(47)59(54)45-18-8-3-9-19-45/h1-2,4-7,10-18,20-21,23-26,29-30,32-33,35,37,40,42,44,51-52,55,57-58H,3,8-9,19,22,27-28,31,34,36H2. The van der Waals surface area contributed by atoms with Crippen LogP contribution in [-0.2, 0) is 6.42 Å². The van der Waals surface area contributed by atoms with E-state index in [-0.39, 0.29) is 6.17 Å². The van der Waals surface area contributed by atoms with Crippen LogP contribution in [0, 0.1) is 17.8 Å². The van der Waals surface area contributed by atoms with Crippen molar-refractivity contribution in [3.63, 3.8) is 0 Å². The molecule has 0 fully saturated rings. The number of para-hydroxylation sites is 1. The largest absolute Gasteiger partial charge is 0.348 e. The van der Waals surface area contributed by atoms with Crippen molar-refractivity contribution < 1.29 is 0 Å². The number of nitrogens with zero attached hydrogens (tertiary/aromatic N) is 2. The number of benzene rings is 3. The Bertz CT molecular complexity index is 2670. The van der Waals surface area contributed by atoms with Crippen molar-refractivity contribution in [1.29, 1.82) is 0 Å². The molecule has 3 heterocycles. The fraction of sp³-hybridized carbons (Fsp3) is 0.298. The van der Waals surface area contributed by atoms with Gasteiger partial charge in [-0.05, 0) is 133 Å². The van der Waals surface area contributed by atoms with Crippen LogP contribution in [-0.4, -0.2) is 27.7 Å². The van der Waals surface area contributed by atoms with Gasteiger partial charge in [-0.3, -0.25) is 5.32 Å². The topological polar surface area (TPSA) is 20.2 Å². The highest BCUT2D eigenvalue weighted by Crippen LogP contribution is 2.51.